The standard InChI is InChI=1S/C8H17NO/c1-5(2)6(3)8(9)7(4)10/h5-6,8H,9H2,1-4H3. The third-order valence-electron chi connectivity index (χ3n) is 2.09. The zero-order valence-electron chi connectivity index (χ0n) is 7.22. The summed E-state index contributed by atoms with van der Waals surface area (Å²) in [6.07, 6.45) is 0. The van der Waals surface area contributed by atoms with Crippen molar-refractivity contribution in [1.82, 2.24) is 0 Å². The highest BCUT2D eigenvalue weighted by Crippen LogP contribution is 2.12. The molecule has 0 heterocycles. The van der Waals surface area contributed by atoms with Gasteiger partial charge in [0.05, 0.1) is 6.04 Å². The van der Waals surface area contributed by atoms with Crippen LogP contribution in [0.2, 0.25) is 0 Å². The minimum Gasteiger partial charge on any atom is -0.321 e. The molecular formula is C8H17NO. The smallest absolute Gasteiger partial charge is 0.146 e. The largest absolute Gasteiger partial charge is 0.321 e. The molecule has 0 amide bonds. The normalized spacial score (nSPS) is 17.0. The van der Waals surface area contributed by atoms with Crippen molar-refractivity contribution in [2.24, 2.45) is 17.6 Å². The Morgan fingerprint density at radius 1 is 1.30 bits per heavy atom. The molecule has 10 heavy (non-hydrogen) atoms. The Balaban J connectivity index is 3.94. The Bertz CT molecular complexity index is 120. The van der Waals surface area contributed by atoms with Gasteiger partial charge in [-0.3, -0.25) is 4.79 Å². The van der Waals surface area contributed by atoms with Crippen molar-refractivity contribution in [2.75, 3.05) is 0 Å². The molecule has 2 nitrogen and oxygen atoms in total. The SMILES string of the molecule is CC(=O)C(N)C(C)C(C)C. The molecular weight excluding hydrogens is 126 g/mol. The first-order chi connectivity index (χ1) is 4.46. The van der Waals surface area contributed by atoms with Crippen LogP contribution in [-0.4, -0.2) is 11.8 Å². The van der Waals surface area contributed by atoms with Crippen LogP contribution < -0.4 is 5.73 Å². The maximum absolute atomic E-state index is 10.8. The van der Waals surface area contributed by atoms with Gasteiger partial charge in [-0.1, -0.05) is 20.8 Å². The van der Waals surface area contributed by atoms with E-state index in [0.29, 0.717) is 5.92 Å². The van der Waals surface area contributed by atoms with E-state index in [2.05, 4.69) is 13.8 Å². The Morgan fingerprint density at radius 2 is 1.70 bits per heavy atom. The van der Waals surface area contributed by atoms with Crippen molar-refractivity contribution in [2.45, 2.75) is 33.7 Å². The second-order valence-electron chi connectivity index (χ2n) is 3.24. The van der Waals surface area contributed by atoms with Crippen LogP contribution >= 0.6 is 0 Å². The molecule has 0 bridgehead atoms. The molecule has 2 atom stereocenters. The lowest BCUT2D eigenvalue weighted by molar-refractivity contribution is -0.119. The van der Waals surface area contributed by atoms with E-state index in [-0.39, 0.29) is 17.7 Å². The number of hydrogen-bond donors (Lipinski definition) is 1. The van der Waals surface area contributed by atoms with E-state index >= 15 is 0 Å². The van der Waals surface area contributed by atoms with Crippen LogP contribution in [0, 0.1) is 11.8 Å². The van der Waals surface area contributed by atoms with E-state index in [1.165, 1.54) is 0 Å². The van der Waals surface area contributed by atoms with Crippen LogP contribution in [0.25, 0.3) is 0 Å². The first kappa shape index (κ1) is 9.63. The number of carbonyl (C=O) groups is 1. The molecule has 2 N–H and O–H groups in total. The van der Waals surface area contributed by atoms with Gasteiger partial charge in [-0.05, 0) is 18.8 Å². The molecule has 0 aromatic rings. The fourth-order valence-electron chi connectivity index (χ4n) is 0.785. The van der Waals surface area contributed by atoms with E-state index in [1.807, 2.05) is 6.92 Å². The highest BCUT2D eigenvalue weighted by molar-refractivity contribution is 5.81. The van der Waals surface area contributed by atoms with Crippen molar-refractivity contribution >= 4 is 5.78 Å². The van der Waals surface area contributed by atoms with Gasteiger partial charge < -0.3 is 5.73 Å². The second kappa shape index (κ2) is 3.71. The Kier molecular flexibility index (Phi) is 3.58. The van der Waals surface area contributed by atoms with E-state index < -0.39 is 0 Å². The van der Waals surface area contributed by atoms with Crippen molar-refractivity contribution in [1.29, 1.82) is 0 Å². The lowest BCUT2D eigenvalue weighted by atomic mass is 9.89. The van der Waals surface area contributed by atoms with Gasteiger partial charge in [0.1, 0.15) is 5.78 Å². The number of hydrogen-bond acceptors (Lipinski definition) is 2. The topological polar surface area (TPSA) is 43.1 Å². The molecule has 0 saturated carbocycles. The molecule has 0 aliphatic rings. The van der Waals surface area contributed by atoms with Crippen molar-refractivity contribution < 1.29 is 4.79 Å². The van der Waals surface area contributed by atoms with E-state index in [9.17, 15) is 4.79 Å². The van der Waals surface area contributed by atoms with Crippen LogP contribution in [0.3, 0.4) is 0 Å². The van der Waals surface area contributed by atoms with Gasteiger partial charge in [-0.2, -0.15) is 0 Å². The fourth-order valence-corrected chi connectivity index (χ4v) is 0.785. The van der Waals surface area contributed by atoms with Crippen molar-refractivity contribution in [3.05, 3.63) is 0 Å². The predicted molar refractivity (Wildman–Crippen MR) is 42.7 cm³/mol. The molecule has 0 aromatic carbocycles. The molecule has 0 aromatic heterocycles. The zero-order chi connectivity index (χ0) is 8.31. The summed E-state index contributed by atoms with van der Waals surface area (Å²) in [6, 6.07) is -0.278. The van der Waals surface area contributed by atoms with Crippen LogP contribution in [0.5, 0.6) is 0 Å². The molecule has 0 aliphatic carbocycles. The summed E-state index contributed by atoms with van der Waals surface area (Å²) in [5.74, 6) is 0.859. The number of Topliss-reactive ketones (excluding diaryl/α,β-unsaturated/α-hetero) is 1. The average Bonchev–Trinajstić information content (AvgIpc) is 1.84. The molecule has 0 spiro atoms. The minimum atomic E-state index is -0.278. The van der Waals surface area contributed by atoms with Crippen molar-refractivity contribution in [3.8, 4) is 0 Å². The first-order valence-corrected chi connectivity index (χ1v) is 3.72. The summed E-state index contributed by atoms with van der Waals surface area (Å²) in [5.41, 5.74) is 5.61. The Morgan fingerprint density at radius 3 is 1.80 bits per heavy atom. The number of ketones is 1. The Labute approximate surface area is 62.8 Å². The van der Waals surface area contributed by atoms with Crippen LogP contribution in [0.4, 0.5) is 0 Å². The van der Waals surface area contributed by atoms with Gasteiger partial charge in [-0.25, -0.2) is 0 Å². The van der Waals surface area contributed by atoms with E-state index in [1.54, 1.807) is 6.92 Å². The lowest BCUT2D eigenvalue weighted by Gasteiger charge is -2.20. The summed E-state index contributed by atoms with van der Waals surface area (Å²) in [7, 11) is 0. The Hall–Kier alpha value is -0.370. The number of carbonyl (C=O) groups excluding carboxylic acids is 1. The molecule has 2 unspecified atom stereocenters. The number of nitrogens with two attached hydrogens (primary N) is 1. The molecule has 0 rings (SSSR count). The molecule has 0 fully saturated rings. The molecule has 0 saturated heterocycles. The van der Waals surface area contributed by atoms with Crippen LogP contribution in [0.1, 0.15) is 27.7 Å². The van der Waals surface area contributed by atoms with Gasteiger partial charge in [0.25, 0.3) is 0 Å². The molecule has 0 aliphatic heterocycles. The monoisotopic (exact) mass is 143 g/mol. The summed E-state index contributed by atoms with van der Waals surface area (Å²) in [6.45, 7) is 7.71. The maximum atomic E-state index is 10.8. The van der Waals surface area contributed by atoms with Gasteiger partial charge in [0, 0.05) is 0 Å². The summed E-state index contributed by atoms with van der Waals surface area (Å²) in [4.78, 5) is 10.8. The third-order valence-corrected chi connectivity index (χ3v) is 2.09. The van der Waals surface area contributed by atoms with Gasteiger partial charge in [-0.15, -0.1) is 0 Å². The third kappa shape index (κ3) is 2.48. The quantitative estimate of drug-likeness (QED) is 0.645. The minimum absolute atomic E-state index is 0.0844. The summed E-state index contributed by atoms with van der Waals surface area (Å²) in [5, 5.41) is 0. The van der Waals surface area contributed by atoms with Gasteiger partial charge >= 0.3 is 0 Å². The van der Waals surface area contributed by atoms with Crippen LogP contribution in [-0.2, 0) is 4.79 Å². The fraction of sp³-hybridized carbons (Fsp3) is 0.875. The highest BCUT2D eigenvalue weighted by Gasteiger charge is 2.19. The van der Waals surface area contributed by atoms with Gasteiger partial charge in [0.2, 0.25) is 0 Å². The van der Waals surface area contributed by atoms with Crippen molar-refractivity contribution in [3.63, 3.8) is 0 Å². The van der Waals surface area contributed by atoms with Crippen LogP contribution in [0.15, 0.2) is 0 Å². The number of rotatable bonds is 3. The second-order valence-corrected chi connectivity index (χ2v) is 3.24. The van der Waals surface area contributed by atoms with Gasteiger partial charge in [0.15, 0.2) is 0 Å². The highest BCUT2D eigenvalue weighted by atomic mass is 16.1. The lowest BCUT2D eigenvalue weighted by Crippen LogP contribution is -2.37. The average molecular weight is 143 g/mol. The molecule has 2 heteroatoms. The maximum Gasteiger partial charge on any atom is 0.146 e. The molecule has 60 valence electrons. The first-order valence-electron chi connectivity index (χ1n) is 3.72. The van der Waals surface area contributed by atoms with E-state index in [0.717, 1.165) is 0 Å². The predicted octanol–water partition coefficient (Wildman–Crippen LogP) is 1.19. The zero-order valence-corrected chi connectivity index (χ0v) is 7.22. The molecule has 0 radical (unpaired) electrons. The summed E-state index contributed by atoms with van der Waals surface area (Å²) >= 11 is 0. The van der Waals surface area contributed by atoms with E-state index in [4.69, 9.17) is 5.73 Å². The summed E-state index contributed by atoms with van der Waals surface area (Å²) < 4.78 is 0.